The molecule has 6 nitrogen and oxygen atoms in total. The third kappa shape index (κ3) is 4.42. The summed E-state index contributed by atoms with van der Waals surface area (Å²) in [5, 5.41) is 18.7. The maximum Gasteiger partial charge on any atom is 0.305 e. The Labute approximate surface area is 132 Å². The third-order valence-corrected chi connectivity index (χ3v) is 4.17. The summed E-state index contributed by atoms with van der Waals surface area (Å²) in [6.07, 6.45) is 1.37. The number of carbonyl (C=O) groups is 2. The molecule has 1 amide bonds. The quantitative estimate of drug-likeness (QED) is 0.643. The van der Waals surface area contributed by atoms with Crippen molar-refractivity contribution in [2.75, 3.05) is 0 Å². The summed E-state index contributed by atoms with van der Waals surface area (Å²) < 4.78 is 0. The summed E-state index contributed by atoms with van der Waals surface area (Å²) in [6.45, 7) is 4.26. The number of carboxylic acids is 1. The van der Waals surface area contributed by atoms with Crippen molar-refractivity contribution < 1.29 is 14.7 Å². The molecule has 1 heterocycles. The van der Waals surface area contributed by atoms with Gasteiger partial charge >= 0.3 is 5.97 Å². The number of carbonyl (C=O) groups excluding carboxylic acids is 1. The second kappa shape index (κ2) is 7.22. The van der Waals surface area contributed by atoms with Crippen LogP contribution in [0.25, 0.3) is 0 Å². The summed E-state index contributed by atoms with van der Waals surface area (Å²) >= 11 is 1.08. The minimum absolute atomic E-state index is 0.226. The van der Waals surface area contributed by atoms with Gasteiger partial charge in [-0.3, -0.25) is 9.59 Å². The van der Waals surface area contributed by atoms with Crippen LogP contribution in [0.1, 0.15) is 37.3 Å². The summed E-state index contributed by atoms with van der Waals surface area (Å²) in [7, 11) is 0. The van der Waals surface area contributed by atoms with E-state index in [1.165, 1.54) is 5.56 Å². The Morgan fingerprint density at radius 1 is 1.41 bits per heavy atom. The van der Waals surface area contributed by atoms with Crippen molar-refractivity contribution in [3.8, 4) is 0 Å². The molecule has 0 bridgehead atoms. The van der Waals surface area contributed by atoms with Gasteiger partial charge in [0.05, 0.1) is 12.6 Å². The number of thioether (sulfide) groups is 1. The molecule has 116 valence electrons. The Kier molecular flexibility index (Phi) is 5.32. The average Bonchev–Trinajstić information content (AvgIpc) is 2.79. The van der Waals surface area contributed by atoms with E-state index in [1.54, 1.807) is 6.21 Å². The number of benzene rings is 1. The van der Waals surface area contributed by atoms with Crippen LogP contribution in [0.15, 0.2) is 34.5 Å². The van der Waals surface area contributed by atoms with Crippen LogP contribution in [0, 0.1) is 0 Å². The average molecular weight is 319 g/mol. The first-order chi connectivity index (χ1) is 10.5. The molecule has 1 saturated heterocycles. The van der Waals surface area contributed by atoms with Crippen LogP contribution in [-0.4, -0.2) is 33.6 Å². The van der Waals surface area contributed by atoms with Gasteiger partial charge in [-0.2, -0.15) is 5.10 Å². The van der Waals surface area contributed by atoms with Gasteiger partial charge in [-0.15, -0.1) is 5.10 Å². The third-order valence-electron chi connectivity index (χ3n) is 3.09. The van der Waals surface area contributed by atoms with Gasteiger partial charge in [-0.25, -0.2) is 0 Å². The van der Waals surface area contributed by atoms with Crippen LogP contribution in [0.4, 0.5) is 0 Å². The van der Waals surface area contributed by atoms with Crippen molar-refractivity contribution in [2.45, 2.75) is 31.4 Å². The van der Waals surface area contributed by atoms with E-state index in [0.717, 1.165) is 17.3 Å². The lowest BCUT2D eigenvalue weighted by atomic mass is 10.0. The highest BCUT2D eigenvalue weighted by Crippen LogP contribution is 2.22. The number of amidine groups is 1. The Morgan fingerprint density at radius 3 is 2.68 bits per heavy atom. The van der Waals surface area contributed by atoms with Gasteiger partial charge in [-0.05, 0) is 17.0 Å². The van der Waals surface area contributed by atoms with Gasteiger partial charge in [0.25, 0.3) is 0 Å². The SMILES string of the molecule is CC(C)c1ccc(/C=N\N=C2/NC(=O)C(CC(=O)O)S2)cc1. The van der Waals surface area contributed by atoms with E-state index in [4.69, 9.17) is 5.11 Å². The second-order valence-corrected chi connectivity index (χ2v) is 6.36. The molecule has 1 aliphatic heterocycles. The lowest BCUT2D eigenvalue weighted by Crippen LogP contribution is -2.26. The van der Waals surface area contributed by atoms with Crippen molar-refractivity contribution in [2.24, 2.45) is 10.2 Å². The maximum absolute atomic E-state index is 11.5. The monoisotopic (exact) mass is 319 g/mol. The number of amides is 1. The molecule has 2 N–H and O–H groups in total. The van der Waals surface area contributed by atoms with E-state index in [2.05, 4.69) is 29.4 Å². The fourth-order valence-corrected chi connectivity index (χ4v) is 2.78. The molecule has 0 radical (unpaired) electrons. The van der Waals surface area contributed by atoms with Crippen LogP contribution >= 0.6 is 11.8 Å². The van der Waals surface area contributed by atoms with E-state index < -0.39 is 11.2 Å². The molecule has 0 saturated carbocycles. The molecule has 1 atom stereocenters. The van der Waals surface area contributed by atoms with Crippen molar-refractivity contribution >= 4 is 35.0 Å². The largest absolute Gasteiger partial charge is 0.481 e. The van der Waals surface area contributed by atoms with Crippen LogP contribution in [-0.2, 0) is 9.59 Å². The normalized spacial score (nSPS) is 20.0. The molecule has 7 heteroatoms. The Hall–Kier alpha value is -2.15. The Bertz CT molecular complexity index is 623. The van der Waals surface area contributed by atoms with Crippen LogP contribution in [0.2, 0.25) is 0 Å². The lowest BCUT2D eigenvalue weighted by molar-refractivity contribution is -0.138. The zero-order valence-electron chi connectivity index (χ0n) is 12.3. The summed E-state index contributed by atoms with van der Waals surface area (Å²) in [5.74, 6) is -0.882. The zero-order valence-corrected chi connectivity index (χ0v) is 13.1. The summed E-state index contributed by atoms with van der Waals surface area (Å²) in [6, 6.07) is 7.97. The number of hydrogen-bond donors (Lipinski definition) is 2. The molecule has 22 heavy (non-hydrogen) atoms. The number of hydrogen-bond acceptors (Lipinski definition) is 5. The molecule has 2 rings (SSSR count). The molecular weight excluding hydrogens is 302 g/mol. The van der Waals surface area contributed by atoms with Crippen molar-refractivity contribution in [3.05, 3.63) is 35.4 Å². The highest BCUT2D eigenvalue weighted by molar-refractivity contribution is 8.15. The van der Waals surface area contributed by atoms with E-state index in [9.17, 15) is 9.59 Å². The number of aliphatic carboxylic acids is 1. The molecule has 0 aromatic heterocycles. The van der Waals surface area contributed by atoms with Crippen LogP contribution < -0.4 is 5.32 Å². The molecule has 0 aliphatic carbocycles. The first-order valence-electron chi connectivity index (χ1n) is 6.86. The number of nitrogens with one attached hydrogen (secondary N) is 1. The van der Waals surface area contributed by atoms with Gasteiger partial charge in [0.15, 0.2) is 5.17 Å². The lowest BCUT2D eigenvalue weighted by Gasteiger charge is -2.03. The number of nitrogens with zero attached hydrogens (tertiary/aromatic N) is 2. The fraction of sp³-hybridized carbons (Fsp3) is 0.333. The van der Waals surface area contributed by atoms with Gasteiger partial charge in [-0.1, -0.05) is 49.9 Å². The fourth-order valence-electron chi connectivity index (χ4n) is 1.86. The minimum atomic E-state index is -1.01. The zero-order chi connectivity index (χ0) is 16.1. The number of rotatable bonds is 5. The number of carboxylic acid groups (broad SMARTS) is 1. The molecular formula is C15H17N3O3S. The van der Waals surface area contributed by atoms with Gasteiger partial charge in [0.1, 0.15) is 5.25 Å². The molecule has 1 aliphatic rings. The van der Waals surface area contributed by atoms with Gasteiger partial charge in [0.2, 0.25) is 5.91 Å². The maximum atomic E-state index is 11.5. The Balaban J connectivity index is 1.96. The second-order valence-electron chi connectivity index (χ2n) is 5.16. The van der Waals surface area contributed by atoms with Crippen molar-refractivity contribution in [1.82, 2.24) is 5.32 Å². The van der Waals surface area contributed by atoms with E-state index in [-0.39, 0.29) is 12.3 Å². The molecule has 0 spiro atoms. The van der Waals surface area contributed by atoms with Crippen LogP contribution in [0.5, 0.6) is 0 Å². The van der Waals surface area contributed by atoms with Crippen molar-refractivity contribution in [1.29, 1.82) is 0 Å². The molecule has 1 fully saturated rings. The minimum Gasteiger partial charge on any atom is -0.481 e. The molecule has 1 aromatic carbocycles. The van der Waals surface area contributed by atoms with E-state index in [1.807, 2.05) is 24.3 Å². The topological polar surface area (TPSA) is 91.1 Å². The predicted molar refractivity (Wildman–Crippen MR) is 87.3 cm³/mol. The smallest absolute Gasteiger partial charge is 0.305 e. The van der Waals surface area contributed by atoms with Gasteiger partial charge in [0, 0.05) is 0 Å². The highest BCUT2D eigenvalue weighted by atomic mass is 32.2. The Morgan fingerprint density at radius 2 is 2.09 bits per heavy atom. The summed E-state index contributed by atoms with van der Waals surface area (Å²) in [5.41, 5.74) is 2.16. The van der Waals surface area contributed by atoms with E-state index >= 15 is 0 Å². The summed E-state index contributed by atoms with van der Waals surface area (Å²) in [4.78, 5) is 22.1. The first-order valence-corrected chi connectivity index (χ1v) is 7.74. The predicted octanol–water partition coefficient (Wildman–Crippen LogP) is 2.21. The van der Waals surface area contributed by atoms with E-state index in [0.29, 0.717) is 11.1 Å². The first kappa shape index (κ1) is 16.2. The van der Waals surface area contributed by atoms with Crippen molar-refractivity contribution in [3.63, 3.8) is 0 Å². The molecule has 1 aromatic rings. The van der Waals surface area contributed by atoms with Crippen LogP contribution in [0.3, 0.4) is 0 Å². The van der Waals surface area contributed by atoms with Gasteiger partial charge < -0.3 is 10.4 Å². The highest BCUT2D eigenvalue weighted by Gasteiger charge is 2.32. The molecule has 1 unspecified atom stereocenters. The standard InChI is InChI=1S/C15H17N3O3S/c1-9(2)11-5-3-10(4-6-11)8-16-18-15-17-14(21)12(22-15)7-13(19)20/h3-6,8-9,12H,7H2,1-2H3,(H,19,20)(H,17,18,21)/b16-8-.